The molecule has 2 aromatic carbocycles. The molecule has 26 heavy (non-hydrogen) atoms. The molecule has 0 radical (unpaired) electrons. The Morgan fingerprint density at radius 1 is 0.962 bits per heavy atom. The lowest BCUT2D eigenvalue weighted by Crippen LogP contribution is -2.34. The van der Waals surface area contributed by atoms with Gasteiger partial charge < -0.3 is 9.80 Å². The zero-order valence-electron chi connectivity index (χ0n) is 16.4. The summed E-state index contributed by atoms with van der Waals surface area (Å²) in [5.74, 6) is 0. The molecule has 0 fully saturated rings. The molecule has 0 bridgehead atoms. The molecule has 0 spiro atoms. The van der Waals surface area contributed by atoms with Crippen molar-refractivity contribution in [3.8, 4) is 0 Å². The Balaban J connectivity index is 2.20. The molecule has 142 valence electrons. The standard InChI is InChI=1S/C20H29N3O2S/c1-15-7-12-20(16(2)13-15)26(24,25)21-14-19(23(5)6)17-8-10-18(11-9-17)22(3)4/h7-13,19,21H,14H2,1-6H3/t19-/m0/s1. The summed E-state index contributed by atoms with van der Waals surface area (Å²) in [6, 6.07) is 13.5. The van der Waals surface area contributed by atoms with Gasteiger partial charge in [-0.1, -0.05) is 29.8 Å². The molecule has 0 saturated heterocycles. The number of benzene rings is 2. The summed E-state index contributed by atoms with van der Waals surface area (Å²) in [6.07, 6.45) is 0. The van der Waals surface area contributed by atoms with E-state index in [0.717, 1.165) is 22.4 Å². The van der Waals surface area contributed by atoms with E-state index in [9.17, 15) is 8.42 Å². The number of hydrogen-bond acceptors (Lipinski definition) is 4. The molecule has 2 rings (SSSR count). The largest absolute Gasteiger partial charge is 0.378 e. The van der Waals surface area contributed by atoms with Crippen LogP contribution in [-0.4, -0.2) is 48.1 Å². The minimum atomic E-state index is -3.55. The van der Waals surface area contributed by atoms with E-state index in [1.54, 1.807) is 6.07 Å². The second-order valence-electron chi connectivity index (χ2n) is 7.09. The number of rotatable bonds is 7. The average Bonchev–Trinajstić information content (AvgIpc) is 2.54. The summed E-state index contributed by atoms with van der Waals surface area (Å²) >= 11 is 0. The maximum atomic E-state index is 12.7. The van der Waals surface area contributed by atoms with E-state index in [1.807, 2.05) is 88.2 Å². The predicted molar refractivity (Wildman–Crippen MR) is 108 cm³/mol. The van der Waals surface area contributed by atoms with E-state index in [4.69, 9.17) is 0 Å². The van der Waals surface area contributed by atoms with Crippen molar-refractivity contribution in [1.29, 1.82) is 0 Å². The number of sulfonamides is 1. The third kappa shape index (κ3) is 4.84. The van der Waals surface area contributed by atoms with Crippen molar-refractivity contribution in [2.24, 2.45) is 0 Å². The van der Waals surface area contributed by atoms with Crippen LogP contribution in [-0.2, 0) is 10.0 Å². The van der Waals surface area contributed by atoms with Gasteiger partial charge in [-0.25, -0.2) is 13.1 Å². The SMILES string of the molecule is Cc1ccc(S(=O)(=O)NC[C@@H](c2ccc(N(C)C)cc2)N(C)C)c(C)c1. The first-order valence-corrected chi connectivity index (χ1v) is 10.1. The highest BCUT2D eigenvalue weighted by molar-refractivity contribution is 7.89. The van der Waals surface area contributed by atoms with Gasteiger partial charge in [0.25, 0.3) is 0 Å². The van der Waals surface area contributed by atoms with Gasteiger partial charge in [-0.15, -0.1) is 0 Å². The van der Waals surface area contributed by atoms with Gasteiger partial charge in [-0.05, 0) is 57.3 Å². The van der Waals surface area contributed by atoms with Crippen molar-refractivity contribution >= 4 is 15.7 Å². The van der Waals surface area contributed by atoms with Gasteiger partial charge in [0, 0.05) is 32.4 Å². The van der Waals surface area contributed by atoms with Crippen molar-refractivity contribution < 1.29 is 8.42 Å². The Morgan fingerprint density at radius 3 is 2.08 bits per heavy atom. The number of likely N-dealkylation sites (N-methyl/N-ethyl adjacent to an activating group) is 1. The molecule has 6 heteroatoms. The minimum Gasteiger partial charge on any atom is -0.378 e. The number of nitrogens with one attached hydrogen (secondary N) is 1. The van der Waals surface area contributed by atoms with Gasteiger partial charge in [0.15, 0.2) is 0 Å². The molecule has 0 aliphatic heterocycles. The zero-order valence-corrected chi connectivity index (χ0v) is 17.3. The van der Waals surface area contributed by atoms with Crippen LogP contribution in [0.15, 0.2) is 47.4 Å². The van der Waals surface area contributed by atoms with E-state index in [-0.39, 0.29) is 6.04 Å². The van der Waals surface area contributed by atoms with Crippen LogP contribution in [0.25, 0.3) is 0 Å². The summed E-state index contributed by atoms with van der Waals surface area (Å²) in [4.78, 5) is 4.40. The minimum absolute atomic E-state index is 0.0493. The number of nitrogens with zero attached hydrogens (tertiary/aromatic N) is 2. The molecular formula is C20H29N3O2S. The van der Waals surface area contributed by atoms with E-state index in [0.29, 0.717) is 11.4 Å². The highest BCUT2D eigenvalue weighted by Crippen LogP contribution is 2.22. The zero-order chi connectivity index (χ0) is 19.5. The fraction of sp³-hybridized carbons (Fsp3) is 0.400. The van der Waals surface area contributed by atoms with Crippen LogP contribution in [0.3, 0.4) is 0 Å². The number of anilines is 1. The fourth-order valence-electron chi connectivity index (χ4n) is 2.96. The summed E-state index contributed by atoms with van der Waals surface area (Å²) in [6.45, 7) is 4.09. The Kier molecular flexibility index (Phi) is 6.44. The van der Waals surface area contributed by atoms with Crippen molar-refractivity contribution in [3.63, 3.8) is 0 Å². The Bertz CT molecular complexity index is 844. The topological polar surface area (TPSA) is 52.7 Å². The van der Waals surface area contributed by atoms with E-state index < -0.39 is 10.0 Å². The van der Waals surface area contributed by atoms with Gasteiger partial charge in [-0.3, -0.25) is 0 Å². The quantitative estimate of drug-likeness (QED) is 0.808. The van der Waals surface area contributed by atoms with Crippen LogP contribution in [0.2, 0.25) is 0 Å². The van der Waals surface area contributed by atoms with Crippen LogP contribution in [0.5, 0.6) is 0 Å². The van der Waals surface area contributed by atoms with Crippen molar-refractivity contribution in [2.75, 3.05) is 39.6 Å². The van der Waals surface area contributed by atoms with Crippen LogP contribution >= 0.6 is 0 Å². The van der Waals surface area contributed by atoms with Crippen molar-refractivity contribution in [1.82, 2.24) is 9.62 Å². The summed E-state index contributed by atoms with van der Waals surface area (Å²) in [5.41, 5.74) is 3.99. The molecule has 0 aromatic heterocycles. The fourth-order valence-corrected chi connectivity index (χ4v) is 4.22. The summed E-state index contributed by atoms with van der Waals surface area (Å²) in [5, 5.41) is 0. The first kappa shape index (κ1) is 20.4. The van der Waals surface area contributed by atoms with Crippen LogP contribution in [0.1, 0.15) is 22.7 Å². The first-order valence-electron chi connectivity index (χ1n) is 8.62. The molecule has 5 nitrogen and oxygen atoms in total. The molecule has 1 atom stereocenters. The Labute approximate surface area is 157 Å². The molecule has 0 heterocycles. The summed E-state index contributed by atoms with van der Waals surface area (Å²) < 4.78 is 28.2. The molecule has 0 amide bonds. The number of hydrogen-bond donors (Lipinski definition) is 1. The van der Waals surface area contributed by atoms with E-state index >= 15 is 0 Å². The lowest BCUT2D eigenvalue weighted by Gasteiger charge is -2.26. The summed E-state index contributed by atoms with van der Waals surface area (Å²) in [7, 11) is 4.35. The molecular weight excluding hydrogens is 346 g/mol. The Morgan fingerprint density at radius 2 is 1.58 bits per heavy atom. The van der Waals surface area contributed by atoms with Crippen molar-refractivity contribution in [3.05, 3.63) is 59.2 Å². The second kappa shape index (κ2) is 8.20. The molecule has 0 unspecified atom stereocenters. The highest BCUT2D eigenvalue weighted by Gasteiger charge is 2.21. The third-order valence-corrected chi connectivity index (χ3v) is 6.09. The van der Waals surface area contributed by atoms with Crippen LogP contribution in [0.4, 0.5) is 5.69 Å². The van der Waals surface area contributed by atoms with Gasteiger partial charge in [0.1, 0.15) is 0 Å². The Hall–Kier alpha value is -1.89. The monoisotopic (exact) mass is 375 g/mol. The molecule has 0 saturated carbocycles. The number of aryl methyl sites for hydroxylation is 2. The lowest BCUT2D eigenvalue weighted by molar-refractivity contribution is 0.299. The van der Waals surface area contributed by atoms with Crippen LogP contribution < -0.4 is 9.62 Å². The average molecular weight is 376 g/mol. The maximum absolute atomic E-state index is 12.7. The van der Waals surface area contributed by atoms with Crippen molar-refractivity contribution in [2.45, 2.75) is 24.8 Å². The maximum Gasteiger partial charge on any atom is 0.240 e. The highest BCUT2D eigenvalue weighted by atomic mass is 32.2. The lowest BCUT2D eigenvalue weighted by atomic mass is 10.1. The van der Waals surface area contributed by atoms with Gasteiger partial charge in [0.2, 0.25) is 10.0 Å². The smallest absolute Gasteiger partial charge is 0.240 e. The second-order valence-corrected chi connectivity index (χ2v) is 8.82. The van der Waals surface area contributed by atoms with E-state index in [2.05, 4.69) is 4.72 Å². The van der Waals surface area contributed by atoms with Gasteiger partial charge in [0.05, 0.1) is 4.90 Å². The first-order chi connectivity index (χ1) is 12.1. The molecule has 0 aliphatic carbocycles. The normalized spacial score (nSPS) is 13.0. The van der Waals surface area contributed by atoms with Gasteiger partial charge in [-0.2, -0.15) is 0 Å². The van der Waals surface area contributed by atoms with Crippen LogP contribution in [0, 0.1) is 13.8 Å². The predicted octanol–water partition coefficient (Wildman–Crippen LogP) is 2.95. The molecule has 2 aromatic rings. The van der Waals surface area contributed by atoms with E-state index in [1.165, 1.54) is 0 Å². The molecule has 0 aliphatic rings. The third-order valence-electron chi connectivity index (χ3n) is 4.50. The van der Waals surface area contributed by atoms with Gasteiger partial charge >= 0.3 is 0 Å². The molecule has 1 N–H and O–H groups in total.